The van der Waals surface area contributed by atoms with Crippen LogP contribution in [0.4, 0.5) is 17.1 Å². The number of rotatable bonds is 9. The van der Waals surface area contributed by atoms with Gasteiger partial charge in [-0.2, -0.15) is 0 Å². The molecule has 0 fully saturated rings. The van der Waals surface area contributed by atoms with E-state index in [9.17, 15) is 0 Å². The van der Waals surface area contributed by atoms with Crippen molar-refractivity contribution in [3.63, 3.8) is 0 Å². The van der Waals surface area contributed by atoms with Crippen molar-refractivity contribution in [3.05, 3.63) is 255 Å². The Morgan fingerprint density at radius 1 is 0.328 bits per heavy atom. The fourth-order valence-corrected chi connectivity index (χ4v) is 14.5. The molecule has 2 nitrogen and oxygen atoms in total. The van der Waals surface area contributed by atoms with Gasteiger partial charge in [-0.25, -0.2) is 0 Å². The van der Waals surface area contributed by atoms with Crippen LogP contribution in [0.5, 0.6) is 0 Å². The molecule has 0 aliphatic carbocycles. The van der Waals surface area contributed by atoms with Crippen LogP contribution in [0, 0.1) is 0 Å². The molecule has 1 heterocycles. The van der Waals surface area contributed by atoms with E-state index in [1.165, 1.54) is 58.9 Å². The smallest absolute Gasteiger partial charge is 0.179 e. The Morgan fingerprint density at radius 2 is 0.803 bits per heavy atom. The molecule has 11 aromatic rings. The lowest BCUT2D eigenvalue weighted by Gasteiger charge is -2.35. The average molecular weight is 795 g/mol. The summed E-state index contributed by atoms with van der Waals surface area (Å²) < 4.78 is 2.41. The minimum absolute atomic E-state index is 1.11. The number of benzene rings is 10. The van der Waals surface area contributed by atoms with Crippen molar-refractivity contribution in [1.82, 2.24) is 4.57 Å². The molecule has 0 aliphatic rings. The van der Waals surface area contributed by atoms with Gasteiger partial charge in [0.25, 0.3) is 0 Å². The van der Waals surface area contributed by atoms with Gasteiger partial charge in [0, 0.05) is 27.5 Å². The number of fused-ring (bicyclic) bond motifs is 4. The molecule has 0 unspecified atom stereocenters. The second-order valence-electron chi connectivity index (χ2n) is 15.6. The first-order valence-electron chi connectivity index (χ1n) is 21.0. The summed E-state index contributed by atoms with van der Waals surface area (Å²) in [5, 5.41) is 10.2. The van der Waals surface area contributed by atoms with Gasteiger partial charge in [-0.3, -0.25) is 0 Å². The lowest BCUT2D eigenvalue weighted by atomic mass is 9.96. The molecule has 10 aromatic carbocycles. The summed E-state index contributed by atoms with van der Waals surface area (Å²) in [6, 6.07) is 93.8. The molecular weight excluding hydrogens is 753 g/mol. The number of hydrogen-bond donors (Lipinski definition) is 0. The molecule has 0 N–H and O–H groups in total. The Bertz CT molecular complexity index is 3190. The average Bonchev–Trinajstić information content (AvgIpc) is 3.69. The van der Waals surface area contributed by atoms with E-state index >= 15 is 0 Å². The van der Waals surface area contributed by atoms with Crippen molar-refractivity contribution in [2.24, 2.45) is 0 Å². The summed E-state index contributed by atoms with van der Waals surface area (Å²) in [5.41, 5.74) is 9.27. The Morgan fingerprint density at radius 3 is 1.48 bits per heavy atom. The van der Waals surface area contributed by atoms with Gasteiger partial charge >= 0.3 is 0 Å². The fraction of sp³-hybridized carbons (Fsp3) is 0. The summed E-state index contributed by atoms with van der Waals surface area (Å²) in [7, 11) is -2.85. The summed E-state index contributed by atoms with van der Waals surface area (Å²) >= 11 is 0. The van der Waals surface area contributed by atoms with Crippen LogP contribution in [-0.4, -0.2) is 12.6 Å². The van der Waals surface area contributed by atoms with E-state index in [0.717, 1.165) is 28.3 Å². The summed E-state index contributed by atoms with van der Waals surface area (Å²) in [4.78, 5) is 2.53. The van der Waals surface area contributed by atoms with Gasteiger partial charge in [0.2, 0.25) is 0 Å². The van der Waals surface area contributed by atoms with Crippen molar-refractivity contribution >= 4 is 78.5 Å². The number of aromatic nitrogens is 1. The number of para-hydroxylation sites is 2. The molecular formula is C58H42N2Si. The van der Waals surface area contributed by atoms with Crippen molar-refractivity contribution in [2.75, 3.05) is 4.90 Å². The Balaban J connectivity index is 1.25. The van der Waals surface area contributed by atoms with Crippen LogP contribution >= 0.6 is 0 Å². The molecule has 0 radical (unpaired) electrons. The van der Waals surface area contributed by atoms with Gasteiger partial charge in [-0.05, 0) is 85.8 Å². The zero-order valence-corrected chi connectivity index (χ0v) is 34.6. The molecule has 288 valence electrons. The maximum atomic E-state index is 2.53. The third-order valence-corrected chi connectivity index (χ3v) is 17.1. The molecule has 0 aliphatic heterocycles. The molecule has 11 rings (SSSR count). The fourth-order valence-electron chi connectivity index (χ4n) is 9.75. The van der Waals surface area contributed by atoms with Crippen molar-refractivity contribution in [1.29, 1.82) is 0 Å². The van der Waals surface area contributed by atoms with E-state index in [-0.39, 0.29) is 0 Å². The van der Waals surface area contributed by atoms with Crippen LogP contribution in [-0.2, 0) is 0 Å². The van der Waals surface area contributed by atoms with Crippen molar-refractivity contribution in [3.8, 4) is 16.8 Å². The van der Waals surface area contributed by atoms with Gasteiger partial charge in [0.1, 0.15) is 0 Å². The standard InChI is InChI=1S/C58H42N2Si/c1-6-22-43(23-7-1)50-35-19-37-52-51(50)36-20-39-54(52)60(57-41-21-40-56-58(57)53-34-16-17-38-55(53)59(56)44-24-8-2-9-25-44)45-26-18-33-49(42-45)61(46-27-10-3-11-28-46,47-29-12-4-13-30-47)48-31-14-5-15-32-48/h1-42H. The molecule has 0 spiro atoms. The van der Waals surface area contributed by atoms with Crippen LogP contribution in [0.1, 0.15) is 0 Å². The highest BCUT2D eigenvalue weighted by molar-refractivity contribution is 7.19. The van der Waals surface area contributed by atoms with Crippen molar-refractivity contribution in [2.45, 2.75) is 0 Å². The zero-order valence-electron chi connectivity index (χ0n) is 33.6. The van der Waals surface area contributed by atoms with E-state index in [4.69, 9.17) is 0 Å². The number of nitrogens with zero attached hydrogens (tertiary/aromatic N) is 2. The van der Waals surface area contributed by atoms with Gasteiger partial charge in [-0.15, -0.1) is 0 Å². The highest BCUT2D eigenvalue weighted by Crippen LogP contribution is 2.46. The molecule has 0 saturated heterocycles. The van der Waals surface area contributed by atoms with Gasteiger partial charge in [0.05, 0.1) is 22.4 Å². The molecule has 0 bridgehead atoms. The Kier molecular flexibility index (Phi) is 9.22. The van der Waals surface area contributed by atoms with Gasteiger partial charge in [-0.1, -0.05) is 206 Å². The second kappa shape index (κ2) is 15.5. The molecule has 3 heteroatoms. The van der Waals surface area contributed by atoms with Crippen LogP contribution in [0.3, 0.4) is 0 Å². The molecule has 61 heavy (non-hydrogen) atoms. The highest BCUT2D eigenvalue weighted by Gasteiger charge is 2.41. The lowest BCUT2D eigenvalue weighted by Crippen LogP contribution is -2.74. The highest BCUT2D eigenvalue weighted by atomic mass is 28.3. The summed E-state index contributed by atoms with van der Waals surface area (Å²) in [6.07, 6.45) is 0. The van der Waals surface area contributed by atoms with Crippen LogP contribution in [0.25, 0.3) is 49.4 Å². The van der Waals surface area contributed by atoms with E-state index < -0.39 is 8.07 Å². The molecule has 0 amide bonds. The van der Waals surface area contributed by atoms with Crippen molar-refractivity contribution < 1.29 is 0 Å². The first kappa shape index (κ1) is 36.4. The van der Waals surface area contributed by atoms with Crippen LogP contribution < -0.4 is 25.6 Å². The summed E-state index contributed by atoms with van der Waals surface area (Å²) in [5.74, 6) is 0. The number of hydrogen-bond acceptors (Lipinski definition) is 1. The van der Waals surface area contributed by atoms with Crippen LogP contribution in [0.15, 0.2) is 255 Å². The molecule has 0 saturated carbocycles. The predicted octanol–water partition coefficient (Wildman–Crippen LogP) is 12.5. The van der Waals surface area contributed by atoms with E-state index in [1.54, 1.807) is 0 Å². The molecule has 0 atom stereocenters. The summed E-state index contributed by atoms with van der Waals surface area (Å²) in [6.45, 7) is 0. The Hall–Kier alpha value is -7.72. The first-order chi connectivity index (χ1) is 30.3. The predicted molar refractivity (Wildman–Crippen MR) is 262 cm³/mol. The monoisotopic (exact) mass is 794 g/mol. The van der Waals surface area contributed by atoms with Gasteiger partial charge in [0.15, 0.2) is 8.07 Å². The van der Waals surface area contributed by atoms with E-state index in [1.807, 2.05) is 0 Å². The second-order valence-corrected chi connectivity index (χ2v) is 19.4. The maximum absolute atomic E-state index is 2.85. The molecule has 1 aromatic heterocycles. The maximum Gasteiger partial charge on any atom is 0.179 e. The Labute approximate surface area is 357 Å². The van der Waals surface area contributed by atoms with Gasteiger partial charge < -0.3 is 9.47 Å². The topological polar surface area (TPSA) is 8.17 Å². The minimum atomic E-state index is -2.85. The lowest BCUT2D eigenvalue weighted by molar-refractivity contribution is 1.18. The minimum Gasteiger partial charge on any atom is -0.309 e. The van der Waals surface area contributed by atoms with Crippen LogP contribution in [0.2, 0.25) is 0 Å². The first-order valence-corrected chi connectivity index (χ1v) is 23.0. The van der Waals surface area contributed by atoms with E-state index in [0.29, 0.717) is 0 Å². The third kappa shape index (κ3) is 6.09. The zero-order chi connectivity index (χ0) is 40.6. The largest absolute Gasteiger partial charge is 0.309 e. The third-order valence-electron chi connectivity index (χ3n) is 12.3. The quantitative estimate of drug-likeness (QED) is 0.104. The normalized spacial score (nSPS) is 11.6. The number of anilines is 3. The van der Waals surface area contributed by atoms with E-state index in [2.05, 4.69) is 264 Å². The SMILES string of the molecule is c1ccc(-c2cccc3c(N(c4cccc([Si](c5ccccc5)(c5ccccc5)c5ccccc5)c4)c4cccc5c4c4ccccc4n5-c4ccccc4)cccc23)cc1.